The lowest BCUT2D eigenvalue weighted by molar-refractivity contribution is -0.149. The van der Waals surface area contributed by atoms with Crippen molar-refractivity contribution in [2.45, 2.75) is 27.2 Å². The van der Waals surface area contributed by atoms with Crippen LogP contribution in [0.1, 0.15) is 25.0 Å². The van der Waals surface area contributed by atoms with Crippen LogP contribution in [0, 0.1) is 18.8 Å². The molecule has 0 spiro atoms. The molecule has 0 amide bonds. The SMILES string of the molecule is C=C1Oc2cc(OC)cc(C)c2C[C@@H]1[C@@H](C)C(=O)OCC. The molecule has 1 heterocycles. The van der Waals surface area contributed by atoms with Gasteiger partial charge in [-0.3, -0.25) is 4.79 Å². The summed E-state index contributed by atoms with van der Waals surface area (Å²) in [7, 11) is 1.63. The van der Waals surface area contributed by atoms with Gasteiger partial charge in [-0.15, -0.1) is 0 Å². The van der Waals surface area contributed by atoms with E-state index in [0.29, 0.717) is 12.4 Å². The van der Waals surface area contributed by atoms with Gasteiger partial charge in [0, 0.05) is 12.0 Å². The summed E-state index contributed by atoms with van der Waals surface area (Å²) in [6, 6.07) is 3.83. The van der Waals surface area contributed by atoms with E-state index in [9.17, 15) is 4.79 Å². The van der Waals surface area contributed by atoms with Crippen LogP contribution in [0.3, 0.4) is 0 Å². The molecule has 0 N–H and O–H groups in total. The van der Waals surface area contributed by atoms with Crippen molar-refractivity contribution in [2.75, 3.05) is 13.7 Å². The largest absolute Gasteiger partial charge is 0.497 e. The highest BCUT2D eigenvalue weighted by Crippen LogP contribution is 2.40. The summed E-state index contributed by atoms with van der Waals surface area (Å²) in [6.07, 6.45) is 0.726. The van der Waals surface area contributed by atoms with Crippen LogP contribution in [0.25, 0.3) is 0 Å². The molecule has 2 atom stereocenters. The molecule has 0 bridgehead atoms. The molecule has 0 aromatic heterocycles. The van der Waals surface area contributed by atoms with E-state index in [1.54, 1.807) is 7.11 Å². The van der Waals surface area contributed by atoms with Gasteiger partial charge in [0.15, 0.2) is 0 Å². The molecule has 0 fully saturated rings. The maximum Gasteiger partial charge on any atom is 0.309 e. The Balaban J connectivity index is 2.28. The van der Waals surface area contributed by atoms with E-state index in [1.165, 1.54) is 0 Å². The van der Waals surface area contributed by atoms with Gasteiger partial charge < -0.3 is 14.2 Å². The molecule has 0 saturated carbocycles. The predicted octanol–water partition coefficient (Wildman–Crippen LogP) is 3.27. The quantitative estimate of drug-likeness (QED) is 0.798. The third-order valence-corrected chi connectivity index (χ3v) is 3.98. The minimum atomic E-state index is -0.271. The van der Waals surface area contributed by atoms with Gasteiger partial charge in [-0.25, -0.2) is 0 Å². The molecule has 0 saturated heterocycles. The summed E-state index contributed by atoms with van der Waals surface area (Å²) in [4.78, 5) is 11.9. The van der Waals surface area contributed by atoms with Crippen LogP contribution in [0.4, 0.5) is 0 Å². The molecule has 1 aliphatic heterocycles. The molecule has 1 aliphatic rings. The van der Waals surface area contributed by atoms with Crippen molar-refractivity contribution in [3.05, 3.63) is 35.6 Å². The van der Waals surface area contributed by atoms with E-state index < -0.39 is 0 Å². The molecule has 0 radical (unpaired) electrons. The number of fused-ring (bicyclic) bond motifs is 1. The Morgan fingerprint density at radius 2 is 2.24 bits per heavy atom. The standard InChI is InChI=1S/C17H22O4/c1-6-20-17(18)11(3)15-9-14-10(2)7-13(19-5)8-16(14)21-12(15)4/h7-8,11,15H,4,6,9H2,1-3,5H3/t11-,15-/m1/s1. The number of carbonyl (C=O) groups excluding carboxylic acids is 1. The molecule has 1 aromatic carbocycles. The third-order valence-electron chi connectivity index (χ3n) is 3.98. The van der Waals surface area contributed by atoms with Crippen LogP contribution in [0.2, 0.25) is 0 Å². The average Bonchev–Trinajstić information content (AvgIpc) is 2.45. The van der Waals surface area contributed by atoms with E-state index in [-0.39, 0.29) is 17.8 Å². The Morgan fingerprint density at radius 3 is 2.86 bits per heavy atom. The second kappa shape index (κ2) is 6.20. The van der Waals surface area contributed by atoms with Crippen LogP contribution in [0.15, 0.2) is 24.5 Å². The number of aryl methyl sites for hydroxylation is 1. The summed E-state index contributed by atoms with van der Waals surface area (Å²) >= 11 is 0. The van der Waals surface area contributed by atoms with Gasteiger partial charge in [0.1, 0.15) is 17.3 Å². The van der Waals surface area contributed by atoms with Gasteiger partial charge in [-0.05, 0) is 37.5 Å². The number of benzene rings is 1. The van der Waals surface area contributed by atoms with Crippen LogP contribution in [-0.4, -0.2) is 19.7 Å². The van der Waals surface area contributed by atoms with Gasteiger partial charge in [0.2, 0.25) is 0 Å². The Morgan fingerprint density at radius 1 is 1.52 bits per heavy atom. The van der Waals surface area contributed by atoms with E-state index in [2.05, 4.69) is 6.58 Å². The van der Waals surface area contributed by atoms with Crippen molar-refractivity contribution in [1.29, 1.82) is 0 Å². The second-order valence-electron chi connectivity index (χ2n) is 5.34. The fraction of sp³-hybridized carbons (Fsp3) is 0.471. The number of methoxy groups -OCH3 is 1. The second-order valence-corrected chi connectivity index (χ2v) is 5.34. The van der Waals surface area contributed by atoms with Crippen molar-refractivity contribution < 1.29 is 19.0 Å². The minimum Gasteiger partial charge on any atom is -0.497 e. The first-order chi connectivity index (χ1) is 9.97. The molecule has 0 unspecified atom stereocenters. The van der Waals surface area contributed by atoms with Gasteiger partial charge in [0.25, 0.3) is 0 Å². The highest BCUT2D eigenvalue weighted by Gasteiger charge is 2.34. The van der Waals surface area contributed by atoms with Crippen LogP contribution in [-0.2, 0) is 16.0 Å². The number of esters is 1. The molecular weight excluding hydrogens is 268 g/mol. The van der Waals surface area contributed by atoms with Crippen molar-refractivity contribution in [2.24, 2.45) is 11.8 Å². The lowest BCUT2D eigenvalue weighted by Crippen LogP contribution is -2.30. The zero-order valence-corrected chi connectivity index (χ0v) is 13.1. The Bertz CT molecular complexity index is 562. The summed E-state index contributed by atoms with van der Waals surface area (Å²) in [6.45, 7) is 10.0. The topological polar surface area (TPSA) is 44.8 Å². The molecular formula is C17H22O4. The molecule has 1 aromatic rings. The lowest BCUT2D eigenvalue weighted by Gasteiger charge is -2.31. The van der Waals surface area contributed by atoms with E-state index in [1.807, 2.05) is 32.9 Å². The number of ether oxygens (including phenoxy) is 3. The van der Waals surface area contributed by atoms with Crippen LogP contribution in [0.5, 0.6) is 11.5 Å². The fourth-order valence-corrected chi connectivity index (χ4v) is 2.67. The zero-order valence-electron chi connectivity index (χ0n) is 13.1. The molecule has 2 rings (SSSR count). The maximum absolute atomic E-state index is 11.9. The summed E-state index contributed by atoms with van der Waals surface area (Å²) in [5, 5.41) is 0. The third kappa shape index (κ3) is 3.04. The number of hydrogen-bond donors (Lipinski definition) is 0. The van der Waals surface area contributed by atoms with E-state index in [0.717, 1.165) is 29.0 Å². The first kappa shape index (κ1) is 15.4. The minimum absolute atomic E-state index is 0.0661. The number of rotatable bonds is 4. The normalized spacial score (nSPS) is 18.5. The molecule has 0 aliphatic carbocycles. The number of hydrogen-bond acceptors (Lipinski definition) is 4. The lowest BCUT2D eigenvalue weighted by atomic mass is 9.83. The van der Waals surface area contributed by atoms with E-state index in [4.69, 9.17) is 14.2 Å². The van der Waals surface area contributed by atoms with Crippen LogP contribution >= 0.6 is 0 Å². The summed E-state index contributed by atoms with van der Waals surface area (Å²) < 4.78 is 16.2. The first-order valence-corrected chi connectivity index (χ1v) is 7.18. The molecule has 4 nitrogen and oxygen atoms in total. The molecule has 21 heavy (non-hydrogen) atoms. The smallest absolute Gasteiger partial charge is 0.309 e. The van der Waals surface area contributed by atoms with Crippen molar-refractivity contribution in [3.8, 4) is 11.5 Å². The molecule has 4 heteroatoms. The predicted molar refractivity (Wildman–Crippen MR) is 80.5 cm³/mol. The Labute approximate surface area is 125 Å². The summed E-state index contributed by atoms with van der Waals surface area (Å²) in [5.74, 6) is 1.59. The van der Waals surface area contributed by atoms with E-state index >= 15 is 0 Å². The zero-order chi connectivity index (χ0) is 15.6. The highest BCUT2D eigenvalue weighted by molar-refractivity contribution is 5.73. The van der Waals surface area contributed by atoms with Gasteiger partial charge >= 0.3 is 5.97 Å². The Hall–Kier alpha value is -1.97. The van der Waals surface area contributed by atoms with Crippen molar-refractivity contribution in [3.63, 3.8) is 0 Å². The Kier molecular flexibility index (Phi) is 4.56. The average molecular weight is 290 g/mol. The van der Waals surface area contributed by atoms with Gasteiger partial charge in [0.05, 0.1) is 19.6 Å². The number of carbonyl (C=O) groups is 1. The highest BCUT2D eigenvalue weighted by atomic mass is 16.5. The maximum atomic E-state index is 11.9. The van der Waals surface area contributed by atoms with Gasteiger partial charge in [-0.2, -0.15) is 0 Å². The summed E-state index contributed by atoms with van der Waals surface area (Å²) in [5.41, 5.74) is 2.20. The molecule has 114 valence electrons. The monoisotopic (exact) mass is 290 g/mol. The number of allylic oxidation sites excluding steroid dienone is 1. The van der Waals surface area contributed by atoms with Crippen molar-refractivity contribution >= 4 is 5.97 Å². The first-order valence-electron chi connectivity index (χ1n) is 7.18. The van der Waals surface area contributed by atoms with Gasteiger partial charge in [-0.1, -0.05) is 13.5 Å². The van der Waals surface area contributed by atoms with Crippen molar-refractivity contribution in [1.82, 2.24) is 0 Å². The fourth-order valence-electron chi connectivity index (χ4n) is 2.67. The van der Waals surface area contributed by atoms with Crippen LogP contribution < -0.4 is 9.47 Å².